The van der Waals surface area contributed by atoms with Gasteiger partial charge in [0.2, 0.25) is 0 Å². The molecule has 4 N–H and O–H groups in total. The van der Waals surface area contributed by atoms with Crippen LogP contribution in [0, 0.1) is 17.0 Å². The third kappa shape index (κ3) is 8.01. The molecule has 9 heteroatoms. The SMILES string of the molecule is O=[N+]([O-])O.[CH2-]C(N)CCCCNC(=O)OCC1c2ccccc2-c2ccccc21.[Y]. The summed E-state index contributed by atoms with van der Waals surface area (Å²) >= 11 is 0. The zero-order valence-corrected chi connectivity index (χ0v) is 19.5. The fraction of sp³-hybridized carbons (Fsp3) is 0.333. The Balaban J connectivity index is 0.000000827. The molecule has 1 radical (unpaired) electrons. The van der Waals surface area contributed by atoms with Gasteiger partial charge in [0.05, 0.1) is 0 Å². The van der Waals surface area contributed by atoms with Crippen LogP contribution >= 0.6 is 0 Å². The molecular weight excluding hydrogens is 463 g/mol. The Morgan fingerprint density at radius 2 is 1.67 bits per heavy atom. The van der Waals surface area contributed by atoms with Crippen LogP contribution in [0.15, 0.2) is 48.5 Å². The van der Waals surface area contributed by atoms with Crippen LogP contribution in [0.25, 0.3) is 11.1 Å². The summed E-state index contributed by atoms with van der Waals surface area (Å²) in [6.07, 6.45) is 2.34. The second-order valence-electron chi connectivity index (χ2n) is 6.75. The maximum Gasteiger partial charge on any atom is 0.407 e. The van der Waals surface area contributed by atoms with E-state index in [9.17, 15) is 4.79 Å². The minimum Gasteiger partial charge on any atom is -0.449 e. The maximum absolute atomic E-state index is 12.0. The van der Waals surface area contributed by atoms with Gasteiger partial charge in [0.25, 0.3) is 5.09 Å². The summed E-state index contributed by atoms with van der Waals surface area (Å²) in [6, 6.07) is 16.6. The van der Waals surface area contributed by atoms with Crippen LogP contribution in [0.4, 0.5) is 4.79 Å². The van der Waals surface area contributed by atoms with E-state index < -0.39 is 5.09 Å². The van der Waals surface area contributed by atoms with Crippen LogP contribution in [-0.4, -0.2) is 35.6 Å². The van der Waals surface area contributed by atoms with Gasteiger partial charge >= 0.3 is 6.09 Å². The van der Waals surface area contributed by atoms with E-state index >= 15 is 0 Å². The average Bonchev–Trinajstić information content (AvgIpc) is 2.99. The Hall–Kier alpha value is -2.03. The number of unbranched alkanes of at least 4 members (excludes halogenated alkanes) is 1. The average molecular weight is 489 g/mol. The van der Waals surface area contributed by atoms with Crippen molar-refractivity contribution >= 4 is 6.09 Å². The molecule has 1 aliphatic rings. The van der Waals surface area contributed by atoms with Crippen LogP contribution in [0.2, 0.25) is 0 Å². The third-order valence-electron chi connectivity index (χ3n) is 4.61. The largest absolute Gasteiger partial charge is 0.449 e. The van der Waals surface area contributed by atoms with E-state index in [0.717, 1.165) is 19.3 Å². The molecule has 159 valence electrons. The summed E-state index contributed by atoms with van der Waals surface area (Å²) in [4.78, 5) is 20.3. The van der Waals surface area contributed by atoms with Gasteiger partial charge < -0.3 is 27.9 Å². The van der Waals surface area contributed by atoms with Crippen LogP contribution in [-0.2, 0) is 37.4 Å². The third-order valence-corrected chi connectivity index (χ3v) is 4.61. The first-order valence-corrected chi connectivity index (χ1v) is 9.41. The van der Waals surface area contributed by atoms with E-state index in [2.05, 4.69) is 36.5 Å². The molecule has 0 heterocycles. The standard InChI is InChI=1S/C21H25N2O2.HNO3.Y/c1-15(22)8-6-7-13-23-21(24)25-14-20-18-11-4-2-9-16(18)17-10-3-5-12-19(17)20;2-1(3)4;/h2-5,9-12,15,20H,1,6-8,13-14,22H2,(H,23,24);(H,2,3,4);/q-1;;. The minimum atomic E-state index is -1.50. The molecule has 0 spiro atoms. The minimum absolute atomic E-state index is 0. The second kappa shape index (κ2) is 13.3. The van der Waals surface area contributed by atoms with Crippen molar-refractivity contribution in [1.29, 1.82) is 0 Å². The summed E-state index contributed by atoms with van der Waals surface area (Å²) < 4.78 is 5.48. The zero-order valence-electron chi connectivity index (χ0n) is 16.7. The number of ether oxygens (including phenoxy) is 1. The molecule has 0 fully saturated rings. The fourth-order valence-electron chi connectivity index (χ4n) is 3.37. The first-order chi connectivity index (χ1) is 13.9. The Kier molecular flexibility index (Phi) is 11.5. The molecule has 1 aliphatic carbocycles. The molecule has 0 saturated heterocycles. The van der Waals surface area contributed by atoms with E-state index in [1.165, 1.54) is 22.3 Å². The molecule has 1 atom stereocenters. The topological polar surface area (TPSA) is 128 Å². The summed E-state index contributed by atoms with van der Waals surface area (Å²) in [5, 5.41) is 16.4. The van der Waals surface area contributed by atoms with Crippen LogP contribution in [0.3, 0.4) is 0 Å². The number of benzene rings is 2. The maximum atomic E-state index is 12.0. The van der Waals surface area contributed by atoms with Crippen molar-refractivity contribution in [3.05, 3.63) is 76.7 Å². The van der Waals surface area contributed by atoms with Crippen molar-refractivity contribution in [3.63, 3.8) is 0 Å². The smallest absolute Gasteiger partial charge is 0.407 e. The number of fused-ring (bicyclic) bond motifs is 3. The Morgan fingerprint density at radius 3 is 2.17 bits per heavy atom. The van der Waals surface area contributed by atoms with Gasteiger partial charge in [-0.3, -0.25) is 0 Å². The second-order valence-corrected chi connectivity index (χ2v) is 6.75. The number of nitrogens with one attached hydrogen (secondary N) is 1. The van der Waals surface area contributed by atoms with Gasteiger partial charge in [0.1, 0.15) is 6.61 Å². The molecular formula is C21H26N3O5Y-. The summed E-state index contributed by atoms with van der Waals surface area (Å²) in [6.45, 7) is 4.70. The van der Waals surface area contributed by atoms with Crippen molar-refractivity contribution in [2.75, 3.05) is 13.2 Å². The number of amides is 1. The number of rotatable bonds is 7. The number of carbonyl (C=O) groups excluding carboxylic acids is 1. The normalized spacial score (nSPS) is 12.3. The molecule has 0 aliphatic heterocycles. The molecule has 1 unspecified atom stereocenters. The van der Waals surface area contributed by atoms with Gasteiger partial charge in [-0.2, -0.15) is 0 Å². The first kappa shape index (κ1) is 26.0. The molecule has 0 saturated carbocycles. The monoisotopic (exact) mass is 489 g/mol. The molecule has 30 heavy (non-hydrogen) atoms. The van der Waals surface area contributed by atoms with E-state index in [0.29, 0.717) is 13.2 Å². The summed E-state index contributed by atoms with van der Waals surface area (Å²) in [5.41, 5.74) is 10.5. The van der Waals surface area contributed by atoms with E-state index in [-0.39, 0.29) is 50.8 Å². The van der Waals surface area contributed by atoms with Crippen molar-refractivity contribution in [3.8, 4) is 11.1 Å². The Labute approximate surface area is 201 Å². The van der Waals surface area contributed by atoms with Crippen LogP contribution < -0.4 is 11.1 Å². The number of nitrogens with zero attached hydrogens (tertiary/aromatic N) is 1. The summed E-state index contributed by atoms with van der Waals surface area (Å²) in [5.74, 6) is 0.0994. The first-order valence-electron chi connectivity index (χ1n) is 9.41. The molecule has 2 aromatic rings. The van der Waals surface area contributed by atoms with Crippen LogP contribution in [0.1, 0.15) is 36.3 Å². The van der Waals surface area contributed by atoms with Gasteiger partial charge in [-0.1, -0.05) is 61.4 Å². The van der Waals surface area contributed by atoms with Gasteiger partial charge in [-0.05, 0) is 28.7 Å². The van der Waals surface area contributed by atoms with E-state index in [1.54, 1.807) is 0 Å². The molecule has 0 bridgehead atoms. The molecule has 0 aromatic heterocycles. The quantitative estimate of drug-likeness (QED) is 0.236. The van der Waals surface area contributed by atoms with Gasteiger partial charge in [-0.25, -0.2) is 4.79 Å². The number of hydrogen-bond donors (Lipinski definition) is 3. The van der Waals surface area contributed by atoms with Gasteiger partial charge in [0.15, 0.2) is 0 Å². The number of carbonyl (C=O) groups is 1. The van der Waals surface area contributed by atoms with Crippen molar-refractivity contribution in [1.82, 2.24) is 5.32 Å². The molecule has 3 rings (SSSR count). The predicted octanol–water partition coefficient (Wildman–Crippen LogP) is 3.51. The molecule has 2 aromatic carbocycles. The number of alkyl carbamates (subject to hydrolysis) is 1. The number of nitrogens with two attached hydrogens (primary N) is 1. The van der Waals surface area contributed by atoms with Gasteiger partial charge in [0, 0.05) is 45.2 Å². The van der Waals surface area contributed by atoms with E-state index in [4.69, 9.17) is 25.8 Å². The van der Waals surface area contributed by atoms with Crippen molar-refractivity contribution < 1.29 is 52.5 Å². The van der Waals surface area contributed by atoms with E-state index in [1.807, 2.05) is 24.3 Å². The Morgan fingerprint density at radius 1 is 1.17 bits per heavy atom. The zero-order chi connectivity index (χ0) is 21.2. The number of hydrogen-bond acceptors (Lipinski definition) is 5. The molecule has 1 amide bonds. The van der Waals surface area contributed by atoms with Crippen molar-refractivity contribution in [2.45, 2.75) is 31.2 Å². The van der Waals surface area contributed by atoms with Crippen molar-refractivity contribution in [2.24, 2.45) is 5.73 Å². The fourth-order valence-corrected chi connectivity index (χ4v) is 3.37. The Bertz CT molecular complexity index is 782. The van der Waals surface area contributed by atoms with Crippen LogP contribution in [0.5, 0.6) is 0 Å². The summed E-state index contributed by atoms with van der Waals surface area (Å²) in [7, 11) is 0. The molecule has 8 nitrogen and oxygen atoms in total. The van der Waals surface area contributed by atoms with Gasteiger partial charge in [-0.15, -0.1) is 16.2 Å². The predicted molar refractivity (Wildman–Crippen MR) is 109 cm³/mol.